The average Bonchev–Trinajstić information content (AvgIpc) is 2.31. The maximum absolute atomic E-state index is 12.6. The van der Waals surface area contributed by atoms with E-state index in [9.17, 15) is 4.79 Å². The Kier molecular flexibility index (Phi) is 5.14. The summed E-state index contributed by atoms with van der Waals surface area (Å²) in [4.78, 5) is 12.9. The SMILES string of the molecule is CCC(CC)(C(=O)NC1(C)CCCCC1)C(N)=S. The summed E-state index contributed by atoms with van der Waals surface area (Å²) in [6, 6.07) is 0. The highest BCUT2D eigenvalue weighted by Crippen LogP contribution is 2.32. The molecule has 0 aromatic heterocycles. The van der Waals surface area contributed by atoms with Crippen LogP contribution >= 0.6 is 12.2 Å². The van der Waals surface area contributed by atoms with Crippen molar-refractivity contribution in [2.24, 2.45) is 11.1 Å². The van der Waals surface area contributed by atoms with Gasteiger partial charge in [0.25, 0.3) is 0 Å². The summed E-state index contributed by atoms with van der Waals surface area (Å²) in [7, 11) is 0. The van der Waals surface area contributed by atoms with Crippen molar-refractivity contribution >= 4 is 23.1 Å². The molecule has 104 valence electrons. The van der Waals surface area contributed by atoms with Crippen LogP contribution in [0.3, 0.4) is 0 Å². The molecule has 0 aromatic rings. The van der Waals surface area contributed by atoms with Crippen LogP contribution in [-0.2, 0) is 4.79 Å². The average molecular weight is 270 g/mol. The second-order valence-electron chi connectivity index (χ2n) is 5.73. The first kappa shape index (κ1) is 15.4. The molecule has 18 heavy (non-hydrogen) atoms. The van der Waals surface area contributed by atoms with Crippen LogP contribution in [-0.4, -0.2) is 16.4 Å². The molecule has 0 heterocycles. The number of hydrogen-bond acceptors (Lipinski definition) is 2. The normalized spacial score (nSPS) is 19.3. The van der Waals surface area contributed by atoms with Gasteiger partial charge in [-0.15, -0.1) is 0 Å². The zero-order valence-corrected chi connectivity index (χ0v) is 12.7. The molecule has 0 bridgehead atoms. The highest BCUT2D eigenvalue weighted by Gasteiger charge is 2.41. The molecular weight excluding hydrogens is 244 g/mol. The molecule has 0 atom stereocenters. The van der Waals surface area contributed by atoms with Gasteiger partial charge in [-0.05, 0) is 32.6 Å². The van der Waals surface area contributed by atoms with Crippen LogP contribution in [0.5, 0.6) is 0 Å². The molecule has 0 saturated heterocycles. The Morgan fingerprint density at radius 1 is 1.28 bits per heavy atom. The summed E-state index contributed by atoms with van der Waals surface area (Å²) < 4.78 is 0. The lowest BCUT2D eigenvalue weighted by atomic mass is 9.78. The number of carbonyl (C=O) groups is 1. The fourth-order valence-corrected chi connectivity index (χ4v) is 3.26. The molecule has 0 aliphatic heterocycles. The maximum atomic E-state index is 12.6. The van der Waals surface area contributed by atoms with Crippen molar-refractivity contribution in [2.75, 3.05) is 0 Å². The van der Waals surface area contributed by atoms with Crippen molar-refractivity contribution in [3.05, 3.63) is 0 Å². The summed E-state index contributed by atoms with van der Waals surface area (Å²) in [5.41, 5.74) is 5.07. The molecule has 0 aromatic carbocycles. The van der Waals surface area contributed by atoms with E-state index in [1.165, 1.54) is 19.3 Å². The second-order valence-corrected chi connectivity index (χ2v) is 6.17. The number of nitrogens with two attached hydrogens (primary N) is 1. The largest absolute Gasteiger partial charge is 0.392 e. The van der Waals surface area contributed by atoms with Crippen molar-refractivity contribution in [2.45, 2.75) is 71.3 Å². The van der Waals surface area contributed by atoms with Gasteiger partial charge in [0.05, 0.1) is 10.4 Å². The minimum atomic E-state index is -0.671. The van der Waals surface area contributed by atoms with Gasteiger partial charge in [-0.25, -0.2) is 0 Å². The third-order valence-electron chi connectivity index (χ3n) is 4.49. The van der Waals surface area contributed by atoms with Crippen molar-refractivity contribution in [3.8, 4) is 0 Å². The molecule has 1 aliphatic carbocycles. The van der Waals surface area contributed by atoms with Gasteiger partial charge < -0.3 is 11.1 Å². The van der Waals surface area contributed by atoms with Crippen molar-refractivity contribution in [3.63, 3.8) is 0 Å². The van der Waals surface area contributed by atoms with Gasteiger partial charge in [0.15, 0.2) is 0 Å². The number of nitrogens with one attached hydrogen (secondary N) is 1. The smallest absolute Gasteiger partial charge is 0.233 e. The van der Waals surface area contributed by atoms with Crippen molar-refractivity contribution < 1.29 is 4.79 Å². The third kappa shape index (κ3) is 3.02. The molecule has 4 heteroatoms. The minimum Gasteiger partial charge on any atom is -0.392 e. The van der Waals surface area contributed by atoms with E-state index < -0.39 is 5.41 Å². The van der Waals surface area contributed by atoms with Crippen LogP contribution in [0.2, 0.25) is 0 Å². The Balaban J connectivity index is 2.81. The molecule has 1 rings (SSSR count). The lowest BCUT2D eigenvalue weighted by Crippen LogP contribution is -2.56. The molecule has 0 spiro atoms. The summed E-state index contributed by atoms with van der Waals surface area (Å²) in [5.74, 6) is 0.0180. The molecule has 1 aliphatic rings. The van der Waals surface area contributed by atoms with E-state index in [1.54, 1.807) is 0 Å². The molecule has 0 unspecified atom stereocenters. The molecule has 1 amide bonds. The first-order valence-electron chi connectivity index (χ1n) is 7.03. The van der Waals surface area contributed by atoms with E-state index in [4.69, 9.17) is 18.0 Å². The zero-order valence-electron chi connectivity index (χ0n) is 11.8. The number of carbonyl (C=O) groups excluding carboxylic acids is 1. The number of rotatable bonds is 5. The van der Waals surface area contributed by atoms with Gasteiger partial charge in [-0.1, -0.05) is 45.3 Å². The van der Waals surface area contributed by atoms with Crippen molar-refractivity contribution in [1.29, 1.82) is 0 Å². The molecule has 0 radical (unpaired) electrons. The number of hydrogen-bond donors (Lipinski definition) is 2. The predicted molar refractivity (Wildman–Crippen MR) is 79.4 cm³/mol. The van der Waals surface area contributed by atoms with Gasteiger partial charge in [-0.3, -0.25) is 4.79 Å². The zero-order chi connectivity index (χ0) is 13.8. The Morgan fingerprint density at radius 2 is 1.78 bits per heavy atom. The minimum absolute atomic E-state index is 0.0180. The van der Waals surface area contributed by atoms with Crippen LogP contribution in [0.15, 0.2) is 0 Å². The van der Waals surface area contributed by atoms with Crippen LogP contribution in [0.4, 0.5) is 0 Å². The molecule has 1 fully saturated rings. The Bertz CT molecular complexity index is 318. The van der Waals surface area contributed by atoms with E-state index in [1.807, 2.05) is 13.8 Å². The third-order valence-corrected chi connectivity index (χ3v) is 4.88. The van der Waals surface area contributed by atoms with Gasteiger partial charge in [0.1, 0.15) is 0 Å². The number of amides is 1. The first-order chi connectivity index (χ1) is 8.40. The molecular formula is C14H26N2OS. The van der Waals surface area contributed by atoms with Crippen molar-refractivity contribution in [1.82, 2.24) is 5.32 Å². The monoisotopic (exact) mass is 270 g/mol. The van der Waals surface area contributed by atoms with Gasteiger partial charge in [-0.2, -0.15) is 0 Å². The fourth-order valence-electron chi connectivity index (χ4n) is 2.88. The summed E-state index contributed by atoms with van der Waals surface area (Å²) in [5, 5.41) is 3.21. The van der Waals surface area contributed by atoms with Crippen LogP contribution in [0.25, 0.3) is 0 Å². The second kappa shape index (κ2) is 6.00. The van der Waals surface area contributed by atoms with E-state index in [0.29, 0.717) is 17.8 Å². The quantitative estimate of drug-likeness (QED) is 0.755. The molecule has 3 N–H and O–H groups in total. The lowest BCUT2D eigenvalue weighted by molar-refractivity contribution is -0.130. The molecule has 1 saturated carbocycles. The van der Waals surface area contributed by atoms with Crippen LogP contribution < -0.4 is 11.1 Å². The highest BCUT2D eigenvalue weighted by molar-refractivity contribution is 7.80. The van der Waals surface area contributed by atoms with E-state index >= 15 is 0 Å². The summed E-state index contributed by atoms with van der Waals surface area (Å²) in [6.07, 6.45) is 7.10. The van der Waals surface area contributed by atoms with Gasteiger partial charge in [0.2, 0.25) is 5.91 Å². The summed E-state index contributed by atoms with van der Waals surface area (Å²) in [6.45, 7) is 6.09. The summed E-state index contributed by atoms with van der Waals surface area (Å²) >= 11 is 5.12. The standard InChI is InChI=1S/C14H26N2OS/c1-4-14(5-2,11(15)18)12(17)16-13(3)9-7-6-8-10-13/h4-10H2,1-3H3,(H2,15,18)(H,16,17). The predicted octanol–water partition coefficient (Wildman–Crippen LogP) is 2.92. The van der Waals surface area contributed by atoms with E-state index in [2.05, 4.69) is 12.2 Å². The Labute approximate surface area is 116 Å². The van der Waals surface area contributed by atoms with Crippen LogP contribution in [0, 0.1) is 5.41 Å². The fraction of sp³-hybridized carbons (Fsp3) is 0.857. The van der Waals surface area contributed by atoms with E-state index in [-0.39, 0.29) is 11.4 Å². The maximum Gasteiger partial charge on any atom is 0.233 e. The first-order valence-corrected chi connectivity index (χ1v) is 7.43. The van der Waals surface area contributed by atoms with Gasteiger partial charge >= 0.3 is 0 Å². The number of thiocarbonyl (C=S) groups is 1. The topological polar surface area (TPSA) is 55.1 Å². The molecule has 3 nitrogen and oxygen atoms in total. The highest BCUT2D eigenvalue weighted by atomic mass is 32.1. The van der Waals surface area contributed by atoms with Crippen LogP contribution in [0.1, 0.15) is 65.7 Å². The Morgan fingerprint density at radius 3 is 2.17 bits per heavy atom. The van der Waals surface area contributed by atoms with E-state index in [0.717, 1.165) is 12.8 Å². The lowest BCUT2D eigenvalue weighted by Gasteiger charge is -2.39. The van der Waals surface area contributed by atoms with Gasteiger partial charge in [0, 0.05) is 5.54 Å². The Hall–Kier alpha value is -0.640.